The van der Waals surface area contributed by atoms with Crippen molar-refractivity contribution < 1.29 is 8.42 Å². The number of benzene rings is 1. The van der Waals surface area contributed by atoms with Crippen LogP contribution in [0.25, 0.3) is 0 Å². The molecular formula is C14H19ClN2O2S. The lowest BCUT2D eigenvalue weighted by molar-refractivity contribution is 0.213. The summed E-state index contributed by atoms with van der Waals surface area (Å²) in [7, 11) is -2.91. The second kappa shape index (κ2) is 6.14. The molecule has 20 heavy (non-hydrogen) atoms. The summed E-state index contributed by atoms with van der Waals surface area (Å²) in [6.45, 7) is 4.40. The van der Waals surface area contributed by atoms with Crippen LogP contribution < -0.4 is 0 Å². The summed E-state index contributed by atoms with van der Waals surface area (Å²) >= 11 is 5.99. The molecule has 4 nitrogen and oxygen atoms in total. The van der Waals surface area contributed by atoms with Gasteiger partial charge in [0.2, 0.25) is 0 Å². The van der Waals surface area contributed by atoms with Crippen LogP contribution in [0.1, 0.15) is 25.8 Å². The molecule has 1 aromatic carbocycles. The molecule has 2 rings (SSSR count). The lowest BCUT2D eigenvalue weighted by Crippen LogP contribution is -2.32. The van der Waals surface area contributed by atoms with E-state index in [1.807, 2.05) is 43.1 Å². The zero-order chi connectivity index (χ0) is 14.8. The van der Waals surface area contributed by atoms with Gasteiger partial charge in [-0.05, 0) is 38.0 Å². The highest BCUT2D eigenvalue weighted by molar-refractivity contribution is 7.91. The van der Waals surface area contributed by atoms with Gasteiger partial charge < -0.3 is 0 Å². The Labute approximate surface area is 125 Å². The molecule has 0 spiro atoms. The zero-order valence-corrected chi connectivity index (χ0v) is 13.3. The van der Waals surface area contributed by atoms with Gasteiger partial charge in [0.05, 0.1) is 24.1 Å². The van der Waals surface area contributed by atoms with E-state index in [4.69, 9.17) is 11.6 Å². The summed E-state index contributed by atoms with van der Waals surface area (Å²) < 4.78 is 23.3. The summed E-state index contributed by atoms with van der Waals surface area (Å²) in [6, 6.07) is 7.53. The van der Waals surface area contributed by atoms with E-state index in [0.29, 0.717) is 18.0 Å². The molecule has 0 amide bonds. The zero-order valence-electron chi connectivity index (χ0n) is 11.7. The van der Waals surface area contributed by atoms with E-state index >= 15 is 0 Å². The van der Waals surface area contributed by atoms with Gasteiger partial charge in [0.15, 0.2) is 9.84 Å². The molecule has 1 aliphatic rings. The van der Waals surface area contributed by atoms with Crippen LogP contribution in [-0.2, 0) is 16.4 Å². The third-order valence-corrected chi connectivity index (χ3v) is 5.18. The van der Waals surface area contributed by atoms with E-state index in [2.05, 4.69) is 5.10 Å². The first-order chi connectivity index (χ1) is 9.35. The average molecular weight is 315 g/mol. The Bertz CT molecular complexity index is 609. The van der Waals surface area contributed by atoms with Gasteiger partial charge in [0.25, 0.3) is 0 Å². The highest BCUT2D eigenvalue weighted by atomic mass is 35.5. The Morgan fingerprint density at radius 3 is 2.75 bits per heavy atom. The second-order valence-corrected chi connectivity index (χ2v) is 8.00. The van der Waals surface area contributed by atoms with Crippen molar-refractivity contribution in [2.75, 3.05) is 11.5 Å². The molecule has 0 aromatic heterocycles. The Hall–Kier alpha value is -1.07. The van der Waals surface area contributed by atoms with Crippen molar-refractivity contribution in [3.8, 4) is 0 Å². The van der Waals surface area contributed by atoms with Crippen LogP contribution in [0.5, 0.6) is 0 Å². The molecule has 110 valence electrons. The van der Waals surface area contributed by atoms with Gasteiger partial charge in [0, 0.05) is 10.7 Å². The fourth-order valence-corrected chi connectivity index (χ4v) is 4.27. The fraction of sp³-hybridized carbons (Fsp3) is 0.500. The maximum Gasteiger partial charge on any atom is 0.152 e. The van der Waals surface area contributed by atoms with Crippen LogP contribution in [0.4, 0.5) is 0 Å². The number of hydrogen-bond donors (Lipinski definition) is 0. The first kappa shape index (κ1) is 15.3. The highest BCUT2D eigenvalue weighted by Gasteiger charge is 2.32. The van der Waals surface area contributed by atoms with E-state index in [1.165, 1.54) is 0 Å². The van der Waals surface area contributed by atoms with E-state index in [9.17, 15) is 8.42 Å². The largest absolute Gasteiger partial charge is 0.289 e. The smallest absolute Gasteiger partial charge is 0.152 e. The lowest BCUT2D eigenvalue weighted by Gasteiger charge is -2.26. The molecule has 1 heterocycles. The molecule has 1 atom stereocenters. The molecule has 1 aliphatic heterocycles. The molecular weight excluding hydrogens is 296 g/mol. The van der Waals surface area contributed by atoms with Crippen LogP contribution in [0, 0.1) is 0 Å². The molecule has 0 bridgehead atoms. The van der Waals surface area contributed by atoms with Crippen LogP contribution in [0.3, 0.4) is 0 Å². The predicted molar refractivity (Wildman–Crippen MR) is 82.8 cm³/mol. The average Bonchev–Trinajstić information content (AvgIpc) is 2.68. The highest BCUT2D eigenvalue weighted by Crippen LogP contribution is 2.21. The molecule has 0 N–H and O–H groups in total. The normalized spacial score (nSPS) is 20.6. The number of rotatable bonds is 4. The first-order valence-electron chi connectivity index (χ1n) is 6.59. The van der Waals surface area contributed by atoms with E-state index in [1.54, 1.807) is 0 Å². The van der Waals surface area contributed by atoms with Gasteiger partial charge in [-0.25, -0.2) is 8.42 Å². The monoisotopic (exact) mass is 314 g/mol. The Balaban J connectivity index is 2.19. The van der Waals surface area contributed by atoms with Crippen LogP contribution in [0.15, 0.2) is 29.4 Å². The molecule has 1 saturated heterocycles. The van der Waals surface area contributed by atoms with Gasteiger partial charge in [-0.15, -0.1) is 0 Å². The van der Waals surface area contributed by atoms with Crippen molar-refractivity contribution in [3.05, 3.63) is 34.9 Å². The van der Waals surface area contributed by atoms with E-state index in [-0.39, 0.29) is 17.5 Å². The van der Waals surface area contributed by atoms with E-state index in [0.717, 1.165) is 11.3 Å². The van der Waals surface area contributed by atoms with Gasteiger partial charge in [0.1, 0.15) is 0 Å². The van der Waals surface area contributed by atoms with Crippen LogP contribution in [0.2, 0.25) is 5.02 Å². The number of sulfone groups is 1. The number of hydrogen-bond acceptors (Lipinski definition) is 4. The minimum absolute atomic E-state index is 0.0473. The molecule has 1 aromatic rings. The summed E-state index contributed by atoms with van der Waals surface area (Å²) in [6.07, 6.45) is 0.639. The summed E-state index contributed by atoms with van der Waals surface area (Å²) in [4.78, 5) is 0. The molecule has 0 radical (unpaired) electrons. The maximum absolute atomic E-state index is 11.6. The van der Waals surface area contributed by atoms with Gasteiger partial charge in [-0.3, -0.25) is 5.01 Å². The fourth-order valence-electron chi connectivity index (χ4n) is 2.34. The van der Waals surface area contributed by atoms with Crippen molar-refractivity contribution in [3.63, 3.8) is 0 Å². The number of halogens is 1. The van der Waals surface area contributed by atoms with Crippen LogP contribution >= 0.6 is 11.6 Å². The minimum atomic E-state index is -2.91. The molecule has 0 aliphatic carbocycles. The van der Waals surface area contributed by atoms with Crippen molar-refractivity contribution in [1.29, 1.82) is 0 Å². The SMILES string of the molecule is CC(C)=NN(Cc1cccc(Cl)c1)[C@@H]1CCS(=O)(=O)C1. The summed E-state index contributed by atoms with van der Waals surface area (Å²) in [5, 5.41) is 7.05. The van der Waals surface area contributed by atoms with Gasteiger partial charge in [-0.2, -0.15) is 5.10 Å². The van der Waals surface area contributed by atoms with Crippen molar-refractivity contribution in [2.45, 2.75) is 32.9 Å². The van der Waals surface area contributed by atoms with Crippen molar-refractivity contribution >= 4 is 27.1 Å². The van der Waals surface area contributed by atoms with Crippen molar-refractivity contribution in [2.24, 2.45) is 5.10 Å². The lowest BCUT2D eigenvalue weighted by atomic mass is 10.2. The Morgan fingerprint density at radius 1 is 1.45 bits per heavy atom. The molecule has 6 heteroatoms. The number of hydrazone groups is 1. The summed E-state index contributed by atoms with van der Waals surface area (Å²) in [5.41, 5.74) is 1.95. The predicted octanol–water partition coefficient (Wildman–Crippen LogP) is 2.72. The van der Waals surface area contributed by atoms with Crippen molar-refractivity contribution in [1.82, 2.24) is 5.01 Å². The Kier molecular flexibility index (Phi) is 4.70. The van der Waals surface area contributed by atoms with E-state index < -0.39 is 9.84 Å². The topological polar surface area (TPSA) is 49.7 Å². The third-order valence-electron chi connectivity index (χ3n) is 3.19. The van der Waals surface area contributed by atoms with Crippen LogP contribution in [-0.4, -0.2) is 36.7 Å². The minimum Gasteiger partial charge on any atom is -0.289 e. The maximum atomic E-state index is 11.6. The molecule has 1 fully saturated rings. The second-order valence-electron chi connectivity index (χ2n) is 5.33. The van der Waals surface area contributed by atoms with Gasteiger partial charge >= 0.3 is 0 Å². The molecule has 0 saturated carbocycles. The summed E-state index contributed by atoms with van der Waals surface area (Å²) in [5.74, 6) is 0.437. The standard InChI is InChI=1S/C14H19ClN2O2S/c1-11(2)16-17(14-6-7-20(18,19)10-14)9-12-4-3-5-13(15)8-12/h3-5,8,14H,6-7,9-10H2,1-2H3/t14-/m1/s1. The quantitative estimate of drug-likeness (QED) is 0.634. The third kappa shape index (κ3) is 4.21. The molecule has 0 unspecified atom stereocenters. The first-order valence-corrected chi connectivity index (χ1v) is 8.79. The van der Waals surface area contributed by atoms with Gasteiger partial charge in [-0.1, -0.05) is 23.7 Å². The Morgan fingerprint density at radius 2 is 2.20 bits per heavy atom. The number of nitrogens with zero attached hydrogens (tertiary/aromatic N) is 2.